The van der Waals surface area contributed by atoms with Crippen molar-refractivity contribution in [2.75, 3.05) is 13.2 Å². The number of aryl methyl sites for hydroxylation is 2. The first-order valence-corrected chi connectivity index (χ1v) is 8.82. The van der Waals surface area contributed by atoms with Gasteiger partial charge in [0.1, 0.15) is 30.5 Å². The number of rotatable bonds is 7. The van der Waals surface area contributed by atoms with Gasteiger partial charge in [-0.2, -0.15) is 0 Å². The summed E-state index contributed by atoms with van der Waals surface area (Å²) < 4.78 is 16.6. The summed E-state index contributed by atoms with van der Waals surface area (Å²) >= 11 is 0. The first-order valence-electron chi connectivity index (χ1n) is 8.82. The summed E-state index contributed by atoms with van der Waals surface area (Å²) in [6, 6.07) is 22.1. The molecule has 0 saturated carbocycles. The molecule has 4 heteroatoms. The Morgan fingerprint density at radius 3 is 1.93 bits per heavy atom. The molecule has 0 heterocycles. The van der Waals surface area contributed by atoms with Crippen molar-refractivity contribution in [1.82, 2.24) is 0 Å². The van der Waals surface area contributed by atoms with Crippen LogP contribution in [0.1, 0.15) is 21.5 Å². The molecule has 138 valence electrons. The predicted molar refractivity (Wildman–Crippen MR) is 105 cm³/mol. The molecule has 0 unspecified atom stereocenters. The van der Waals surface area contributed by atoms with Crippen LogP contribution < -0.4 is 14.2 Å². The summed E-state index contributed by atoms with van der Waals surface area (Å²) in [6.45, 7) is 4.87. The van der Waals surface area contributed by atoms with Crippen LogP contribution in [0.25, 0.3) is 0 Å². The number of hydrogen-bond donors (Lipinski definition) is 0. The minimum absolute atomic E-state index is 0.391. The van der Waals surface area contributed by atoms with Crippen molar-refractivity contribution in [2.24, 2.45) is 0 Å². The molecule has 0 radical (unpaired) electrons. The van der Waals surface area contributed by atoms with E-state index in [1.54, 1.807) is 30.3 Å². The zero-order chi connectivity index (χ0) is 19.1. The van der Waals surface area contributed by atoms with Crippen LogP contribution in [-0.4, -0.2) is 19.2 Å². The first-order chi connectivity index (χ1) is 13.1. The van der Waals surface area contributed by atoms with Gasteiger partial charge >= 0.3 is 5.97 Å². The van der Waals surface area contributed by atoms with Gasteiger partial charge in [0.05, 0.1) is 5.56 Å². The topological polar surface area (TPSA) is 44.8 Å². The molecule has 0 N–H and O–H groups in total. The van der Waals surface area contributed by atoms with Crippen LogP contribution in [0.15, 0.2) is 72.8 Å². The van der Waals surface area contributed by atoms with E-state index in [0.717, 1.165) is 16.9 Å². The Morgan fingerprint density at radius 2 is 1.30 bits per heavy atom. The highest BCUT2D eigenvalue weighted by Crippen LogP contribution is 2.19. The van der Waals surface area contributed by atoms with Crippen molar-refractivity contribution in [3.8, 4) is 17.2 Å². The molecule has 27 heavy (non-hydrogen) atoms. The summed E-state index contributed by atoms with van der Waals surface area (Å²) in [5.41, 5.74) is 2.72. The smallest absolute Gasteiger partial charge is 0.343 e. The summed E-state index contributed by atoms with van der Waals surface area (Å²) in [7, 11) is 0. The Bertz CT molecular complexity index is 886. The Labute approximate surface area is 159 Å². The molecule has 0 spiro atoms. The molecule has 0 aliphatic rings. The third-order valence-electron chi connectivity index (χ3n) is 4.14. The third-order valence-corrected chi connectivity index (χ3v) is 4.14. The van der Waals surface area contributed by atoms with Crippen LogP contribution >= 0.6 is 0 Å². The summed E-state index contributed by atoms with van der Waals surface area (Å²) in [4.78, 5) is 12.3. The first kappa shape index (κ1) is 18.5. The molecular formula is C23H22O4. The Balaban J connectivity index is 1.49. The van der Waals surface area contributed by atoms with Crippen LogP contribution in [0.5, 0.6) is 17.2 Å². The van der Waals surface area contributed by atoms with E-state index in [1.165, 1.54) is 0 Å². The molecule has 0 fully saturated rings. The van der Waals surface area contributed by atoms with E-state index in [4.69, 9.17) is 14.2 Å². The van der Waals surface area contributed by atoms with Crippen molar-refractivity contribution >= 4 is 5.97 Å². The van der Waals surface area contributed by atoms with Gasteiger partial charge in [-0.25, -0.2) is 4.79 Å². The monoisotopic (exact) mass is 362 g/mol. The number of carbonyl (C=O) groups excluding carboxylic acids is 1. The van der Waals surface area contributed by atoms with Crippen molar-refractivity contribution in [2.45, 2.75) is 13.8 Å². The van der Waals surface area contributed by atoms with E-state index in [9.17, 15) is 4.79 Å². The van der Waals surface area contributed by atoms with Crippen LogP contribution in [0.4, 0.5) is 0 Å². The Kier molecular flexibility index (Phi) is 6.10. The van der Waals surface area contributed by atoms with Gasteiger partial charge in [-0.1, -0.05) is 24.3 Å². The van der Waals surface area contributed by atoms with E-state index >= 15 is 0 Å². The molecule has 0 bridgehead atoms. The third kappa shape index (κ3) is 5.35. The summed E-state index contributed by atoms with van der Waals surface area (Å²) in [5.74, 6) is 1.64. The molecule has 0 aliphatic carbocycles. The van der Waals surface area contributed by atoms with Crippen LogP contribution in [-0.2, 0) is 0 Å². The maximum absolute atomic E-state index is 12.3. The van der Waals surface area contributed by atoms with E-state index in [1.807, 2.05) is 56.3 Å². The van der Waals surface area contributed by atoms with Gasteiger partial charge in [0.25, 0.3) is 0 Å². The van der Waals surface area contributed by atoms with E-state index in [-0.39, 0.29) is 0 Å². The lowest BCUT2D eigenvalue weighted by Gasteiger charge is -2.09. The fraction of sp³-hybridized carbons (Fsp3) is 0.174. The number of benzene rings is 3. The lowest BCUT2D eigenvalue weighted by atomic mass is 10.1. The van der Waals surface area contributed by atoms with Gasteiger partial charge in [-0.05, 0) is 73.5 Å². The number of hydrogen-bond acceptors (Lipinski definition) is 4. The fourth-order valence-corrected chi connectivity index (χ4v) is 2.47. The lowest BCUT2D eigenvalue weighted by Crippen LogP contribution is -2.10. The second kappa shape index (κ2) is 8.90. The van der Waals surface area contributed by atoms with Crippen LogP contribution in [0.3, 0.4) is 0 Å². The van der Waals surface area contributed by atoms with Crippen LogP contribution in [0.2, 0.25) is 0 Å². The molecule has 0 aromatic heterocycles. The molecular weight excluding hydrogens is 340 g/mol. The molecule has 0 atom stereocenters. The maximum Gasteiger partial charge on any atom is 0.343 e. The number of esters is 1. The molecule has 3 aromatic carbocycles. The molecule has 0 amide bonds. The summed E-state index contributed by atoms with van der Waals surface area (Å²) in [5, 5.41) is 0. The number of carbonyl (C=O) groups is 1. The number of para-hydroxylation sites is 1. The standard InChI is InChI=1S/C23H22O4/c1-17-8-11-22(16-18(17)2)27-23(24)19-9-12-21(13-10-19)26-15-14-25-20-6-4-3-5-7-20/h3-13,16H,14-15H2,1-2H3. The van der Waals surface area contributed by atoms with Crippen molar-refractivity contribution in [3.63, 3.8) is 0 Å². The highest BCUT2D eigenvalue weighted by molar-refractivity contribution is 5.91. The van der Waals surface area contributed by atoms with Crippen LogP contribution in [0, 0.1) is 13.8 Å². The van der Waals surface area contributed by atoms with Crippen molar-refractivity contribution in [1.29, 1.82) is 0 Å². The van der Waals surface area contributed by atoms with Gasteiger partial charge in [0, 0.05) is 0 Å². The molecule has 3 aromatic rings. The largest absolute Gasteiger partial charge is 0.490 e. The second-order valence-corrected chi connectivity index (χ2v) is 6.17. The SMILES string of the molecule is Cc1ccc(OC(=O)c2ccc(OCCOc3ccccc3)cc2)cc1C. The Morgan fingerprint density at radius 1 is 0.704 bits per heavy atom. The van der Waals surface area contributed by atoms with Crippen molar-refractivity contribution < 1.29 is 19.0 Å². The second-order valence-electron chi connectivity index (χ2n) is 6.17. The quantitative estimate of drug-likeness (QED) is 0.338. The van der Waals surface area contributed by atoms with Gasteiger partial charge in [0.15, 0.2) is 0 Å². The molecule has 4 nitrogen and oxygen atoms in total. The molecule has 0 saturated heterocycles. The van der Waals surface area contributed by atoms with Gasteiger partial charge in [-0.3, -0.25) is 0 Å². The van der Waals surface area contributed by atoms with Gasteiger partial charge in [0.2, 0.25) is 0 Å². The van der Waals surface area contributed by atoms with E-state index < -0.39 is 5.97 Å². The maximum atomic E-state index is 12.3. The highest BCUT2D eigenvalue weighted by Gasteiger charge is 2.09. The normalized spacial score (nSPS) is 10.3. The predicted octanol–water partition coefficient (Wildman–Crippen LogP) is 4.98. The Hall–Kier alpha value is -3.27. The zero-order valence-corrected chi connectivity index (χ0v) is 15.5. The van der Waals surface area contributed by atoms with E-state index in [2.05, 4.69) is 0 Å². The van der Waals surface area contributed by atoms with Gasteiger partial charge < -0.3 is 14.2 Å². The number of ether oxygens (including phenoxy) is 3. The molecule has 3 rings (SSSR count). The minimum atomic E-state index is -0.391. The van der Waals surface area contributed by atoms with Crippen molar-refractivity contribution in [3.05, 3.63) is 89.5 Å². The average molecular weight is 362 g/mol. The van der Waals surface area contributed by atoms with Gasteiger partial charge in [-0.15, -0.1) is 0 Å². The fourth-order valence-electron chi connectivity index (χ4n) is 2.47. The highest BCUT2D eigenvalue weighted by atomic mass is 16.5. The van der Waals surface area contributed by atoms with E-state index in [0.29, 0.717) is 30.3 Å². The lowest BCUT2D eigenvalue weighted by molar-refractivity contribution is 0.0734. The minimum Gasteiger partial charge on any atom is -0.490 e. The summed E-state index contributed by atoms with van der Waals surface area (Å²) in [6.07, 6.45) is 0. The zero-order valence-electron chi connectivity index (χ0n) is 15.5. The molecule has 0 aliphatic heterocycles. The average Bonchev–Trinajstić information content (AvgIpc) is 2.69.